The van der Waals surface area contributed by atoms with Crippen LogP contribution in [0.1, 0.15) is 13.8 Å². The lowest BCUT2D eigenvalue weighted by atomic mass is 10.1. The third-order valence-corrected chi connectivity index (χ3v) is 4.09. The van der Waals surface area contributed by atoms with Crippen molar-refractivity contribution < 1.29 is 19.4 Å². The number of nitrogens with one attached hydrogen (secondary N) is 1. The maximum absolute atomic E-state index is 12.1. The number of benzene rings is 1. The highest BCUT2D eigenvalue weighted by Gasteiger charge is 2.65. The first-order valence-corrected chi connectivity index (χ1v) is 6.54. The van der Waals surface area contributed by atoms with Crippen LogP contribution in [0.3, 0.4) is 0 Å². The van der Waals surface area contributed by atoms with Crippen LogP contribution in [0, 0.1) is 17.3 Å². The van der Waals surface area contributed by atoms with E-state index >= 15 is 0 Å². The van der Waals surface area contributed by atoms with E-state index < -0.39 is 23.2 Å². The Morgan fingerprint density at radius 2 is 2.00 bits per heavy atom. The van der Waals surface area contributed by atoms with E-state index in [1.807, 2.05) is 0 Å². The zero-order chi connectivity index (χ0) is 15.1. The Bertz CT molecular complexity index is 570. The second-order valence-corrected chi connectivity index (χ2v) is 5.86. The lowest BCUT2D eigenvalue weighted by Gasteiger charge is -2.08. The topological polar surface area (TPSA) is 75.6 Å². The Morgan fingerprint density at radius 3 is 2.45 bits per heavy atom. The first kappa shape index (κ1) is 14.7. The summed E-state index contributed by atoms with van der Waals surface area (Å²) in [6.45, 7) is 3.55. The maximum atomic E-state index is 12.1. The Hall–Kier alpha value is -1.75. The van der Waals surface area contributed by atoms with Crippen LogP contribution in [0.25, 0.3) is 0 Å². The number of rotatable bonds is 4. The fraction of sp³-hybridized carbons (Fsp3) is 0.429. The third-order valence-electron chi connectivity index (χ3n) is 3.80. The smallest absolute Gasteiger partial charge is 0.307 e. The largest absolute Gasteiger partial charge is 0.495 e. The molecule has 1 saturated carbocycles. The lowest BCUT2D eigenvalue weighted by molar-refractivity contribution is -0.140. The van der Waals surface area contributed by atoms with Crippen LogP contribution in [-0.4, -0.2) is 24.1 Å². The van der Waals surface area contributed by atoms with Crippen molar-refractivity contribution in [2.75, 3.05) is 12.4 Å². The van der Waals surface area contributed by atoms with Crippen molar-refractivity contribution in [3.05, 3.63) is 23.2 Å². The van der Waals surface area contributed by atoms with Gasteiger partial charge in [-0.2, -0.15) is 0 Å². The molecule has 0 saturated heterocycles. The number of amides is 1. The number of carboxylic acids is 1. The van der Waals surface area contributed by atoms with Crippen molar-refractivity contribution in [3.63, 3.8) is 0 Å². The highest BCUT2D eigenvalue weighted by Crippen LogP contribution is 2.58. The normalized spacial score (nSPS) is 23.0. The third kappa shape index (κ3) is 2.45. The van der Waals surface area contributed by atoms with Gasteiger partial charge in [-0.25, -0.2) is 0 Å². The first-order chi connectivity index (χ1) is 9.28. The molecule has 20 heavy (non-hydrogen) atoms. The number of anilines is 1. The molecule has 1 amide bonds. The van der Waals surface area contributed by atoms with Gasteiger partial charge in [0, 0.05) is 5.69 Å². The summed E-state index contributed by atoms with van der Waals surface area (Å²) in [7, 11) is 1.50. The summed E-state index contributed by atoms with van der Waals surface area (Å²) in [5.74, 6) is -1.90. The molecule has 2 unspecified atom stereocenters. The van der Waals surface area contributed by atoms with E-state index in [-0.39, 0.29) is 5.91 Å². The molecule has 0 heterocycles. The van der Waals surface area contributed by atoms with E-state index in [1.54, 1.807) is 32.0 Å². The predicted molar refractivity (Wildman–Crippen MR) is 75.0 cm³/mol. The molecule has 6 heteroatoms. The molecule has 2 atom stereocenters. The molecule has 108 valence electrons. The molecule has 0 bridgehead atoms. The van der Waals surface area contributed by atoms with E-state index in [2.05, 4.69) is 5.32 Å². The molecule has 1 aliphatic rings. The summed E-state index contributed by atoms with van der Waals surface area (Å²) in [4.78, 5) is 23.2. The summed E-state index contributed by atoms with van der Waals surface area (Å²) < 4.78 is 5.02. The molecule has 0 aromatic heterocycles. The second-order valence-electron chi connectivity index (χ2n) is 5.45. The molecule has 1 aromatic carbocycles. The van der Waals surface area contributed by atoms with Gasteiger partial charge in [0.1, 0.15) is 5.75 Å². The van der Waals surface area contributed by atoms with Crippen LogP contribution in [0.5, 0.6) is 5.75 Å². The van der Waals surface area contributed by atoms with Gasteiger partial charge in [0.05, 0.1) is 24.0 Å². The zero-order valence-electron chi connectivity index (χ0n) is 11.4. The minimum atomic E-state index is -0.942. The molecule has 0 radical (unpaired) electrons. The summed E-state index contributed by atoms with van der Waals surface area (Å²) in [6, 6.07) is 4.88. The van der Waals surface area contributed by atoms with Crippen molar-refractivity contribution in [1.82, 2.24) is 0 Å². The number of aliphatic carboxylic acids is 1. The Labute approximate surface area is 121 Å². The number of carbonyl (C=O) groups excluding carboxylic acids is 1. The van der Waals surface area contributed by atoms with E-state index in [0.29, 0.717) is 16.5 Å². The first-order valence-electron chi connectivity index (χ1n) is 6.16. The number of carbonyl (C=O) groups is 2. The molecule has 1 fully saturated rings. The van der Waals surface area contributed by atoms with Gasteiger partial charge >= 0.3 is 5.97 Å². The number of ether oxygens (including phenoxy) is 1. The van der Waals surface area contributed by atoms with E-state index in [1.165, 1.54) is 7.11 Å². The maximum Gasteiger partial charge on any atom is 0.307 e. The lowest BCUT2D eigenvalue weighted by Crippen LogP contribution is -2.17. The van der Waals surface area contributed by atoms with Crippen LogP contribution in [-0.2, 0) is 9.59 Å². The minimum Gasteiger partial charge on any atom is -0.495 e. The zero-order valence-corrected chi connectivity index (χ0v) is 12.2. The van der Waals surface area contributed by atoms with Gasteiger partial charge in [-0.3, -0.25) is 9.59 Å². The predicted octanol–water partition coefficient (Wildman–Crippen LogP) is 2.64. The van der Waals surface area contributed by atoms with Crippen molar-refractivity contribution in [1.29, 1.82) is 0 Å². The second kappa shape index (κ2) is 4.98. The van der Waals surface area contributed by atoms with Crippen LogP contribution in [0.2, 0.25) is 5.02 Å². The quantitative estimate of drug-likeness (QED) is 0.896. The number of hydrogen-bond donors (Lipinski definition) is 2. The van der Waals surface area contributed by atoms with Crippen molar-refractivity contribution in [3.8, 4) is 5.75 Å². The van der Waals surface area contributed by atoms with Crippen LogP contribution in [0.15, 0.2) is 18.2 Å². The molecule has 0 spiro atoms. The van der Waals surface area contributed by atoms with Crippen LogP contribution < -0.4 is 10.1 Å². The Kier molecular flexibility index (Phi) is 3.65. The van der Waals surface area contributed by atoms with Crippen molar-refractivity contribution in [2.24, 2.45) is 17.3 Å². The van der Waals surface area contributed by atoms with Crippen molar-refractivity contribution in [2.45, 2.75) is 13.8 Å². The number of methoxy groups -OCH3 is 1. The summed E-state index contributed by atoms with van der Waals surface area (Å²) in [5, 5.41) is 12.1. The van der Waals surface area contributed by atoms with Gasteiger partial charge in [0.2, 0.25) is 5.91 Å². The van der Waals surface area contributed by atoms with Gasteiger partial charge in [0.25, 0.3) is 0 Å². The van der Waals surface area contributed by atoms with Gasteiger partial charge in [-0.1, -0.05) is 25.4 Å². The highest BCUT2D eigenvalue weighted by atomic mass is 35.5. The van der Waals surface area contributed by atoms with Gasteiger partial charge in [0.15, 0.2) is 0 Å². The molecule has 2 N–H and O–H groups in total. The molecule has 1 aromatic rings. The SMILES string of the molecule is COc1ccc(NC(=O)C2C(C(=O)O)C2(C)C)cc1Cl. The molecule has 5 nitrogen and oxygen atoms in total. The molecule has 2 rings (SSSR count). The monoisotopic (exact) mass is 297 g/mol. The molecule has 0 aliphatic heterocycles. The van der Waals surface area contributed by atoms with Gasteiger partial charge in [-0.05, 0) is 23.6 Å². The van der Waals surface area contributed by atoms with Gasteiger partial charge < -0.3 is 15.2 Å². The molecular weight excluding hydrogens is 282 g/mol. The standard InChI is InChI=1S/C14H16ClNO4/c1-14(2)10(11(14)13(18)19)12(17)16-7-4-5-9(20-3)8(15)6-7/h4-6,10-11H,1-3H3,(H,16,17)(H,18,19). The fourth-order valence-electron chi connectivity index (χ4n) is 2.55. The van der Waals surface area contributed by atoms with Crippen molar-refractivity contribution >= 4 is 29.2 Å². The van der Waals surface area contributed by atoms with Crippen LogP contribution in [0.4, 0.5) is 5.69 Å². The minimum absolute atomic E-state index is 0.302. The summed E-state index contributed by atoms with van der Waals surface area (Å²) in [5.41, 5.74) is -0.000683. The average molecular weight is 298 g/mol. The van der Waals surface area contributed by atoms with Crippen LogP contribution >= 0.6 is 11.6 Å². The van der Waals surface area contributed by atoms with E-state index in [0.717, 1.165) is 0 Å². The Balaban J connectivity index is 2.10. The summed E-state index contributed by atoms with van der Waals surface area (Å²) in [6.07, 6.45) is 0. The molecule has 1 aliphatic carbocycles. The average Bonchev–Trinajstić information content (AvgIpc) is 2.93. The van der Waals surface area contributed by atoms with Gasteiger partial charge in [-0.15, -0.1) is 0 Å². The van der Waals surface area contributed by atoms with E-state index in [4.69, 9.17) is 21.4 Å². The summed E-state index contributed by atoms with van der Waals surface area (Å²) >= 11 is 5.97. The molecular formula is C14H16ClNO4. The highest BCUT2D eigenvalue weighted by molar-refractivity contribution is 6.32. The Morgan fingerprint density at radius 1 is 1.35 bits per heavy atom. The van der Waals surface area contributed by atoms with E-state index in [9.17, 15) is 9.59 Å². The number of hydrogen-bond acceptors (Lipinski definition) is 3. The number of carboxylic acid groups (broad SMARTS) is 1. The fourth-order valence-corrected chi connectivity index (χ4v) is 2.81. The number of halogens is 1.